The molecule has 0 saturated heterocycles. The number of hydrogen-bond donors (Lipinski definition) is 8. The molecule has 0 spiro atoms. The third-order valence-electron chi connectivity index (χ3n) is 14.0. The van der Waals surface area contributed by atoms with Crippen LogP contribution in [0.15, 0.2) is 79.0 Å². The third kappa shape index (κ3) is 12.5. The number of benzene rings is 2. The van der Waals surface area contributed by atoms with Crippen LogP contribution in [0.25, 0.3) is 11.3 Å². The number of nitrogens with two attached hydrogens (primary N) is 1. The van der Waals surface area contributed by atoms with Gasteiger partial charge < -0.3 is 41.4 Å². The fourth-order valence-corrected chi connectivity index (χ4v) is 10.5. The number of hydrogen-bond acceptors (Lipinski definition) is 8. The van der Waals surface area contributed by atoms with Crippen LogP contribution >= 0.6 is 0 Å². The molecule has 2 aromatic carbocycles. The molecule has 9 N–H and O–H groups in total. The van der Waals surface area contributed by atoms with Crippen molar-refractivity contribution in [1.29, 1.82) is 0 Å². The molecule has 10 heteroatoms. The molecule has 2 aliphatic rings. The lowest BCUT2D eigenvalue weighted by atomic mass is 9.80. The number of carboxylic acid groups (broad SMARTS) is 1. The van der Waals surface area contributed by atoms with E-state index in [2.05, 4.69) is 42.0 Å². The van der Waals surface area contributed by atoms with Crippen LogP contribution in [0.5, 0.6) is 11.5 Å². The number of aromatic amines is 1. The average molecular weight is 850 g/mol. The highest BCUT2D eigenvalue weighted by atomic mass is 16.4. The molecule has 0 aliphatic heterocycles. The topological polar surface area (TPSA) is 193 Å². The number of rotatable bonds is 23. The Labute approximate surface area is 368 Å². The first-order chi connectivity index (χ1) is 29.8. The predicted octanol–water partition coefficient (Wildman–Crippen LogP) is 9.69. The highest BCUT2D eigenvalue weighted by Crippen LogP contribution is 2.47. The number of carboxylic acids is 1. The molecule has 62 heavy (non-hydrogen) atoms. The lowest BCUT2D eigenvalue weighted by molar-refractivity contribution is -0.146. The quantitative estimate of drug-likeness (QED) is 0.0265. The van der Waals surface area contributed by atoms with Crippen molar-refractivity contribution in [2.75, 3.05) is 5.73 Å². The first-order valence-electron chi connectivity index (χ1n) is 23.4. The number of aliphatic hydroxyl groups excluding tert-OH is 2. The summed E-state index contributed by atoms with van der Waals surface area (Å²) in [7, 11) is 0. The van der Waals surface area contributed by atoms with Gasteiger partial charge in [0.15, 0.2) is 0 Å². The Kier molecular flexibility index (Phi) is 16.7. The van der Waals surface area contributed by atoms with E-state index in [1.165, 1.54) is 25.3 Å². The number of aromatic hydroxyl groups is 2. The zero-order chi connectivity index (χ0) is 44.2. The smallest absolute Gasteiger partial charge is 0.309 e. The van der Waals surface area contributed by atoms with Crippen LogP contribution in [-0.4, -0.2) is 64.4 Å². The zero-order valence-electron chi connectivity index (χ0n) is 36.9. The lowest BCUT2D eigenvalue weighted by Gasteiger charge is -2.32. The average Bonchev–Trinajstić information content (AvgIpc) is 3.79. The predicted molar refractivity (Wildman–Crippen MR) is 246 cm³/mol. The molecule has 2 heterocycles. The van der Waals surface area contributed by atoms with Gasteiger partial charge in [-0.05, 0) is 129 Å². The molecule has 10 nitrogen and oxygen atoms in total. The molecule has 0 bridgehead atoms. The van der Waals surface area contributed by atoms with Gasteiger partial charge in [0.25, 0.3) is 0 Å². The Hall–Kier alpha value is -4.64. The molecule has 1 fully saturated rings. The van der Waals surface area contributed by atoms with Gasteiger partial charge in [-0.15, -0.1) is 0 Å². The van der Waals surface area contributed by atoms with E-state index in [-0.39, 0.29) is 48.2 Å². The number of nitrogens with zero attached hydrogens (tertiary/aromatic N) is 1. The van der Waals surface area contributed by atoms with E-state index in [1.807, 2.05) is 42.5 Å². The molecule has 336 valence electrons. The Morgan fingerprint density at radius 1 is 0.919 bits per heavy atom. The maximum Gasteiger partial charge on any atom is 0.309 e. The first-order valence-corrected chi connectivity index (χ1v) is 23.4. The van der Waals surface area contributed by atoms with Crippen LogP contribution in [0.2, 0.25) is 0 Å². The lowest BCUT2D eigenvalue weighted by Crippen LogP contribution is -2.37. The minimum atomic E-state index is -1.16. The van der Waals surface area contributed by atoms with Crippen LogP contribution in [0, 0.1) is 29.6 Å². The highest BCUT2D eigenvalue weighted by Gasteiger charge is 2.46. The molecule has 0 amide bonds. The van der Waals surface area contributed by atoms with E-state index in [1.54, 1.807) is 12.3 Å². The fraction of sp³-hybridized carbons (Fsp3) is 0.538. The number of phenols is 2. The van der Waals surface area contributed by atoms with Crippen molar-refractivity contribution in [1.82, 2.24) is 9.97 Å². The number of anilines is 1. The van der Waals surface area contributed by atoms with Crippen LogP contribution in [-0.2, 0) is 30.5 Å². The van der Waals surface area contributed by atoms with Gasteiger partial charge in [-0.25, -0.2) is 4.98 Å². The van der Waals surface area contributed by atoms with Gasteiger partial charge in [-0.3, -0.25) is 4.79 Å². The van der Waals surface area contributed by atoms with Crippen LogP contribution in [0.4, 0.5) is 5.82 Å². The van der Waals surface area contributed by atoms with Crippen LogP contribution in [0.1, 0.15) is 132 Å². The van der Waals surface area contributed by atoms with Crippen molar-refractivity contribution >= 4 is 11.8 Å². The van der Waals surface area contributed by atoms with Crippen molar-refractivity contribution in [3.63, 3.8) is 0 Å². The maximum atomic E-state index is 12.6. The highest BCUT2D eigenvalue weighted by molar-refractivity contribution is 5.73. The Balaban J connectivity index is 1.12. The number of phenolic OH excluding ortho intramolecular Hbond substituents is 2. The summed E-state index contributed by atoms with van der Waals surface area (Å²) in [5.41, 5.74) is 11.2. The Bertz CT molecular complexity index is 2070. The van der Waals surface area contributed by atoms with Gasteiger partial charge in [-0.1, -0.05) is 94.9 Å². The summed E-state index contributed by atoms with van der Waals surface area (Å²) in [6.07, 6.45) is 18.0. The van der Waals surface area contributed by atoms with E-state index in [9.17, 15) is 35.4 Å². The number of aliphatic hydroxyl groups is 3. The normalized spacial score (nSPS) is 23.4. The van der Waals surface area contributed by atoms with Crippen molar-refractivity contribution in [2.45, 2.75) is 147 Å². The molecular formula is C52H71N3O7. The summed E-state index contributed by atoms with van der Waals surface area (Å²) in [4.78, 5) is 20.3. The number of nitrogens with one attached hydrogen (secondary N) is 1. The molecule has 8 atom stereocenters. The van der Waals surface area contributed by atoms with Gasteiger partial charge in [0.2, 0.25) is 0 Å². The summed E-state index contributed by atoms with van der Waals surface area (Å²) < 4.78 is 0. The molecule has 2 aromatic heterocycles. The number of pyridine rings is 1. The summed E-state index contributed by atoms with van der Waals surface area (Å²) in [6, 6.07) is 18.9. The number of H-pyrrole nitrogens is 1. The first kappa shape index (κ1) is 46.9. The third-order valence-corrected chi connectivity index (χ3v) is 14.0. The molecule has 0 radical (unpaired) electrons. The number of aromatic nitrogens is 2. The van der Waals surface area contributed by atoms with E-state index >= 15 is 0 Å². The maximum absolute atomic E-state index is 12.6. The Morgan fingerprint density at radius 2 is 1.71 bits per heavy atom. The summed E-state index contributed by atoms with van der Waals surface area (Å²) in [6.45, 7) is 4.27. The number of carbonyl (C=O) groups is 1. The number of unbranched alkanes of at least 4 members (excludes halogenated alkanes) is 4. The number of nitrogen functional groups attached to an aromatic ring is 1. The van der Waals surface area contributed by atoms with Crippen molar-refractivity contribution < 1.29 is 35.4 Å². The number of aliphatic carboxylic acids is 1. The molecular weight excluding hydrogens is 779 g/mol. The SMILES string of the molecule is CCCCC[C@@H]1C=C[C@@H](CCCCC[C@H](C(=O)O)[C@H](O)CC[C@]2(O)C[C@H](Cc3ccnc(N)c3)C[C@H]2Cc2cc(CC)c(-c3cc(O)cc(O)c3Cc3ccccc3)[nH]2)[C@H](O)C1. The summed E-state index contributed by atoms with van der Waals surface area (Å²) in [5.74, 6) is -0.972. The molecule has 1 saturated carbocycles. The van der Waals surface area contributed by atoms with Gasteiger partial charge >= 0.3 is 5.97 Å². The van der Waals surface area contributed by atoms with Crippen LogP contribution in [0.3, 0.4) is 0 Å². The van der Waals surface area contributed by atoms with E-state index in [0.717, 1.165) is 72.2 Å². The second kappa shape index (κ2) is 22.1. The van der Waals surface area contributed by atoms with Crippen molar-refractivity contribution in [3.05, 3.63) is 107 Å². The largest absolute Gasteiger partial charge is 0.508 e. The number of aryl methyl sites for hydroxylation is 1. The molecule has 4 aromatic rings. The molecule has 2 aliphatic carbocycles. The Morgan fingerprint density at radius 3 is 2.44 bits per heavy atom. The summed E-state index contributed by atoms with van der Waals surface area (Å²) in [5, 5.41) is 66.8. The number of allylic oxidation sites excluding steroid dienone is 1. The second-order valence-corrected chi connectivity index (χ2v) is 18.6. The fourth-order valence-electron chi connectivity index (χ4n) is 10.5. The van der Waals surface area contributed by atoms with Gasteiger partial charge in [0.1, 0.15) is 17.3 Å². The van der Waals surface area contributed by atoms with Crippen molar-refractivity contribution in [2.24, 2.45) is 29.6 Å². The van der Waals surface area contributed by atoms with Gasteiger partial charge in [0, 0.05) is 47.1 Å². The molecule has 6 rings (SSSR count). The van der Waals surface area contributed by atoms with E-state index < -0.39 is 23.6 Å². The van der Waals surface area contributed by atoms with E-state index in [0.29, 0.717) is 62.2 Å². The summed E-state index contributed by atoms with van der Waals surface area (Å²) >= 11 is 0. The van der Waals surface area contributed by atoms with Gasteiger partial charge in [0.05, 0.1) is 23.7 Å². The van der Waals surface area contributed by atoms with Gasteiger partial charge in [-0.2, -0.15) is 0 Å². The molecule has 0 unspecified atom stereocenters. The minimum Gasteiger partial charge on any atom is -0.508 e. The second-order valence-electron chi connectivity index (χ2n) is 18.6. The van der Waals surface area contributed by atoms with E-state index in [4.69, 9.17) is 5.73 Å². The zero-order valence-corrected chi connectivity index (χ0v) is 36.9. The van der Waals surface area contributed by atoms with Crippen molar-refractivity contribution in [3.8, 4) is 22.8 Å². The standard InChI is InChI=1S/C52H71N3O7/c1-3-5-8-13-35-18-19-39(47(58)27-35)16-11-7-12-17-43(51(60)61)46(57)20-22-52(62)33-37(24-36-21-23-54-49(53)28-36)25-40(52)30-41-29-38(4-2)50(55-41)45-31-42(56)32-48(59)44(45)26-34-14-9-6-10-15-34/h6,9-10,14-15,18-19,21,23,28-29,31-32,35,37,39-40,43,46-47,55-59,62H,3-5,7-8,11-13,16-17,20,22,24-27,30,33H2,1-2H3,(H2,53,54)(H,60,61)/t35-,37-,39-,40+,43+,46-,47-,52+/m1/s1. The monoisotopic (exact) mass is 850 g/mol. The minimum absolute atomic E-state index is 0.0211. The van der Waals surface area contributed by atoms with Crippen LogP contribution < -0.4 is 5.73 Å².